The first-order valence-corrected chi connectivity index (χ1v) is 13.7. The molecule has 8 rings (SSSR count). The van der Waals surface area contributed by atoms with Gasteiger partial charge in [0.15, 0.2) is 11.5 Å². The van der Waals surface area contributed by atoms with E-state index in [1.807, 2.05) is 11.3 Å². The summed E-state index contributed by atoms with van der Waals surface area (Å²) in [4.78, 5) is 0. The number of nitrogens with zero attached hydrogens (tertiary/aromatic N) is 3. The summed E-state index contributed by atoms with van der Waals surface area (Å²) in [6, 6.07) is 32.3. The molecule has 0 unspecified atom stereocenters. The molecule has 38 heavy (non-hydrogen) atoms. The van der Waals surface area contributed by atoms with Crippen molar-refractivity contribution >= 4 is 70.0 Å². The molecule has 1 aliphatic carbocycles. The van der Waals surface area contributed by atoms with Gasteiger partial charge in [-0.1, -0.05) is 85.4 Å². The van der Waals surface area contributed by atoms with Gasteiger partial charge >= 0.3 is 0 Å². The van der Waals surface area contributed by atoms with E-state index >= 15 is 0 Å². The van der Waals surface area contributed by atoms with Crippen molar-refractivity contribution in [3.05, 3.63) is 126 Å². The van der Waals surface area contributed by atoms with Gasteiger partial charge in [0.25, 0.3) is 0 Å². The van der Waals surface area contributed by atoms with Gasteiger partial charge < -0.3 is 0 Å². The average molecular weight is 506 g/mol. The molecule has 0 N–H and O–H groups in total. The maximum absolute atomic E-state index is 4.74. The predicted octanol–water partition coefficient (Wildman–Crippen LogP) is 9.22. The van der Waals surface area contributed by atoms with Gasteiger partial charge in [-0.15, -0.1) is 21.5 Å². The largest absolute Gasteiger partial charge is 0.274 e. The van der Waals surface area contributed by atoms with Crippen LogP contribution in [0.2, 0.25) is 0 Å². The molecule has 180 valence electrons. The molecule has 0 aliphatic heterocycles. The van der Waals surface area contributed by atoms with E-state index in [-0.39, 0.29) is 0 Å². The van der Waals surface area contributed by atoms with Crippen molar-refractivity contribution in [2.24, 2.45) is 0 Å². The SMILES string of the molecule is C=C1CC(c2cccc3c2sc2ccccc23)=C(C)C=C1c1nnc2c3ccccc3c3ccccc3n12. The molecule has 0 atom stereocenters. The van der Waals surface area contributed by atoms with Crippen molar-refractivity contribution < 1.29 is 0 Å². The van der Waals surface area contributed by atoms with Crippen LogP contribution < -0.4 is 0 Å². The molecule has 0 spiro atoms. The summed E-state index contributed by atoms with van der Waals surface area (Å²) in [6.07, 6.45) is 3.04. The molecule has 0 radical (unpaired) electrons. The third-order valence-corrected chi connectivity index (χ3v) is 9.06. The van der Waals surface area contributed by atoms with Crippen LogP contribution in [-0.2, 0) is 0 Å². The Morgan fingerprint density at radius 1 is 0.737 bits per heavy atom. The lowest BCUT2D eigenvalue weighted by Crippen LogP contribution is -2.04. The first-order valence-electron chi connectivity index (χ1n) is 12.8. The van der Waals surface area contributed by atoms with Crippen LogP contribution in [0.1, 0.15) is 24.7 Å². The summed E-state index contributed by atoms with van der Waals surface area (Å²) >= 11 is 1.88. The summed E-state index contributed by atoms with van der Waals surface area (Å²) in [5.74, 6) is 0.852. The van der Waals surface area contributed by atoms with E-state index in [9.17, 15) is 0 Å². The molecule has 3 nitrogen and oxygen atoms in total. The third kappa shape index (κ3) is 2.95. The Morgan fingerprint density at radius 3 is 2.32 bits per heavy atom. The number of allylic oxidation sites excluding steroid dienone is 5. The number of fused-ring (bicyclic) bond motifs is 9. The highest BCUT2D eigenvalue weighted by Gasteiger charge is 2.24. The highest BCUT2D eigenvalue weighted by Crippen LogP contribution is 2.44. The molecular weight excluding hydrogens is 482 g/mol. The van der Waals surface area contributed by atoms with Crippen molar-refractivity contribution in [3.63, 3.8) is 0 Å². The fourth-order valence-electron chi connectivity index (χ4n) is 6.04. The third-order valence-electron chi connectivity index (χ3n) is 7.84. The second kappa shape index (κ2) is 7.98. The Hall–Kier alpha value is -4.54. The second-order valence-corrected chi connectivity index (χ2v) is 11.1. The molecule has 0 bridgehead atoms. The minimum atomic E-state index is 0.783. The van der Waals surface area contributed by atoms with E-state index in [0.717, 1.165) is 39.9 Å². The van der Waals surface area contributed by atoms with E-state index in [1.54, 1.807) is 0 Å². The smallest absolute Gasteiger partial charge is 0.169 e. The molecule has 0 saturated carbocycles. The van der Waals surface area contributed by atoms with Crippen LogP contribution in [0.4, 0.5) is 0 Å². The lowest BCUT2D eigenvalue weighted by Gasteiger charge is -2.21. The molecular formula is C34H23N3S. The van der Waals surface area contributed by atoms with Crippen LogP contribution in [-0.4, -0.2) is 14.6 Å². The number of pyridine rings is 1. The molecule has 0 saturated heterocycles. The van der Waals surface area contributed by atoms with Crippen LogP contribution >= 0.6 is 11.3 Å². The van der Waals surface area contributed by atoms with Crippen molar-refractivity contribution in [3.8, 4) is 0 Å². The minimum absolute atomic E-state index is 0.783. The number of hydrogen-bond donors (Lipinski definition) is 0. The Balaban J connectivity index is 1.36. The van der Waals surface area contributed by atoms with Gasteiger partial charge in [0, 0.05) is 36.5 Å². The van der Waals surface area contributed by atoms with Gasteiger partial charge in [-0.3, -0.25) is 4.40 Å². The van der Waals surface area contributed by atoms with Gasteiger partial charge in [-0.25, -0.2) is 0 Å². The summed E-state index contributed by atoms with van der Waals surface area (Å²) < 4.78 is 4.88. The summed E-state index contributed by atoms with van der Waals surface area (Å²) in [6.45, 7) is 6.77. The van der Waals surface area contributed by atoms with Crippen molar-refractivity contribution in [1.82, 2.24) is 14.6 Å². The first kappa shape index (κ1) is 21.5. The summed E-state index contributed by atoms with van der Waals surface area (Å²) in [5, 5.41) is 15.6. The Labute approximate surface area is 223 Å². The number of aromatic nitrogens is 3. The van der Waals surface area contributed by atoms with Gasteiger partial charge in [-0.05, 0) is 59.2 Å². The van der Waals surface area contributed by atoms with E-state index in [2.05, 4.69) is 115 Å². The number of para-hydroxylation sites is 1. The maximum atomic E-state index is 4.74. The quantitative estimate of drug-likeness (QED) is 0.219. The lowest BCUT2D eigenvalue weighted by molar-refractivity contribution is 1.06. The maximum Gasteiger partial charge on any atom is 0.169 e. The Morgan fingerprint density at radius 2 is 1.45 bits per heavy atom. The van der Waals surface area contributed by atoms with Crippen LogP contribution in [0, 0.1) is 0 Å². The fraction of sp³-hybridized carbons (Fsp3) is 0.0588. The number of benzene rings is 4. The standard InChI is InChI=1S/C34H23N3S/c1-20-19-29(21(2)18-28(20)26-15-9-14-25-24-12-6-8-17-31(24)38-32(25)26)34-36-35-33-27-13-4-3-10-22(27)23-11-5-7-16-30(23)37(33)34/h3-17,19H,2,18H2,1H3. The molecule has 3 aromatic heterocycles. The molecule has 3 heterocycles. The number of thiophene rings is 1. The zero-order valence-corrected chi connectivity index (χ0v) is 21.7. The monoisotopic (exact) mass is 505 g/mol. The molecule has 0 amide bonds. The zero-order chi connectivity index (χ0) is 25.4. The van der Waals surface area contributed by atoms with Crippen molar-refractivity contribution in [1.29, 1.82) is 0 Å². The lowest BCUT2D eigenvalue weighted by atomic mass is 9.85. The molecule has 4 heteroatoms. The normalized spacial score (nSPS) is 14.4. The summed E-state index contributed by atoms with van der Waals surface area (Å²) in [5.41, 5.74) is 8.00. The van der Waals surface area contributed by atoms with Crippen LogP contribution in [0.25, 0.3) is 58.6 Å². The second-order valence-electron chi connectivity index (χ2n) is 10.0. The van der Waals surface area contributed by atoms with Crippen LogP contribution in [0.5, 0.6) is 0 Å². The van der Waals surface area contributed by atoms with E-state index in [4.69, 9.17) is 10.2 Å². The highest BCUT2D eigenvalue weighted by atomic mass is 32.1. The van der Waals surface area contributed by atoms with Gasteiger partial charge in [0.1, 0.15) is 0 Å². The molecule has 7 aromatic rings. The van der Waals surface area contributed by atoms with E-state index in [1.165, 1.54) is 47.7 Å². The van der Waals surface area contributed by atoms with Crippen LogP contribution in [0.15, 0.2) is 115 Å². The highest BCUT2D eigenvalue weighted by molar-refractivity contribution is 7.26. The average Bonchev–Trinajstić information content (AvgIpc) is 3.57. The molecule has 1 aliphatic rings. The first-order chi connectivity index (χ1) is 18.7. The van der Waals surface area contributed by atoms with Gasteiger partial charge in [0.05, 0.1) is 5.52 Å². The van der Waals surface area contributed by atoms with Crippen LogP contribution in [0.3, 0.4) is 0 Å². The zero-order valence-electron chi connectivity index (χ0n) is 20.9. The van der Waals surface area contributed by atoms with E-state index in [0.29, 0.717) is 0 Å². The number of rotatable bonds is 2. The molecule has 4 aromatic carbocycles. The van der Waals surface area contributed by atoms with Crippen molar-refractivity contribution in [2.45, 2.75) is 13.3 Å². The minimum Gasteiger partial charge on any atom is -0.274 e. The predicted molar refractivity (Wildman–Crippen MR) is 162 cm³/mol. The van der Waals surface area contributed by atoms with Gasteiger partial charge in [-0.2, -0.15) is 0 Å². The van der Waals surface area contributed by atoms with Crippen molar-refractivity contribution in [2.75, 3.05) is 0 Å². The Bertz CT molecular complexity index is 2190. The fourth-order valence-corrected chi connectivity index (χ4v) is 7.28. The molecule has 0 fully saturated rings. The number of hydrogen-bond acceptors (Lipinski definition) is 3. The summed E-state index contributed by atoms with van der Waals surface area (Å²) in [7, 11) is 0. The topological polar surface area (TPSA) is 30.2 Å². The van der Waals surface area contributed by atoms with Gasteiger partial charge in [0.2, 0.25) is 0 Å². The Kier molecular flexibility index (Phi) is 4.52. The van der Waals surface area contributed by atoms with E-state index < -0.39 is 0 Å².